The second-order valence-electron chi connectivity index (χ2n) is 4.08. The maximum absolute atomic E-state index is 12.0. The molecule has 0 saturated heterocycles. The van der Waals surface area contributed by atoms with E-state index in [4.69, 9.17) is 4.74 Å². The molecule has 1 aliphatic carbocycles. The number of carbonyl (C=O) groups excluding carboxylic acids is 1. The summed E-state index contributed by atoms with van der Waals surface area (Å²) in [5.74, 6) is 0.0960. The highest BCUT2D eigenvalue weighted by molar-refractivity contribution is 5.99. The summed E-state index contributed by atoms with van der Waals surface area (Å²) in [6.45, 7) is 0.565. The Morgan fingerprint density at radius 3 is 3.00 bits per heavy atom. The van der Waals surface area contributed by atoms with Gasteiger partial charge in [0, 0.05) is 0 Å². The van der Waals surface area contributed by atoms with Gasteiger partial charge in [0.1, 0.15) is 0 Å². The number of carbonyl (C=O) groups is 1. The molecule has 1 aromatic carbocycles. The van der Waals surface area contributed by atoms with Crippen LogP contribution in [0.3, 0.4) is 0 Å². The molecule has 0 amide bonds. The van der Waals surface area contributed by atoms with Crippen LogP contribution in [0, 0.1) is 0 Å². The van der Waals surface area contributed by atoms with Crippen LogP contribution in [0.15, 0.2) is 36.4 Å². The molecule has 0 fully saturated rings. The molecular weight excluding hydrogens is 188 g/mol. The Hall–Kier alpha value is -1.41. The van der Waals surface area contributed by atoms with Crippen LogP contribution in [0.1, 0.15) is 24.0 Å². The first-order chi connectivity index (χ1) is 7.33. The van der Waals surface area contributed by atoms with E-state index in [2.05, 4.69) is 0 Å². The van der Waals surface area contributed by atoms with E-state index >= 15 is 0 Å². The lowest BCUT2D eigenvalue weighted by Crippen LogP contribution is -2.35. The first-order valence-electron chi connectivity index (χ1n) is 5.26. The molecule has 2 heteroatoms. The van der Waals surface area contributed by atoms with Gasteiger partial charge in [0.2, 0.25) is 0 Å². The lowest BCUT2D eigenvalue weighted by Gasteiger charge is -2.28. The summed E-state index contributed by atoms with van der Waals surface area (Å²) >= 11 is 0. The van der Waals surface area contributed by atoms with Crippen molar-refractivity contribution in [1.29, 1.82) is 0 Å². The topological polar surface area (TPSA) is 26.3 Å². The summed E-state index contributed by atoms with van der Waals surface area (Å²) in [6, 6.07) is 8.01. The summed E-state index contributed by atoms with van der Waals surface area (Å²) in [5.41, 5.74) is 1.56. The highest BCUT2D eigenvalue weighted by Crippen LogP contribution is 2.42. The summed E-state index contributed by atoms with van der Waals surface area (Å²) < 4.78 is 5.76. The van der Waals surface area contributed by atoms with E-state index in [1.54, 1.807) is 6.08 Å². The van der Waals surface area contributed by atoms with Gasteiger partial charge in [0.05, 0.1) is 6.61 Å². The van der Waals surface area contributed by atoms with Crippen molar-refractivity contribution in [3.05, 3.63) is 47.5 Å². The standard InChI is InChI=1S/C13H12O2/c14-12-7-3-4-8-13(12)11-6-2-1-5-10(11)9-15-13/h1-3,5-7H,4,8-9H2. The fraction of sp³-hybridized carbons (Fsp3) is 0.308. The van der Waals surface area contributed by atoms with Crippen molar-refractivity contribution in [3.63, 3.8) is 0 Å². The van der Waals surface area contributed by atoms with Gasteiger partial charge < -0.3 is 4.74 Å². The number of hydrogen-bond donors (Lipinski definition) is 0. The third-order valence-corrected chi connectivity index (χ3v) is 3.26. The smallest absolute Gasteiger partial charge is 0.191 e. The largest absolute Gasteiger partial charge is 0.357 e. The predicted octanol–water partition coefficient (Wildman–Crippen LogP) is 2.33. The zero-order valence-electron chi connectivity index (χ0n) is 8.40. The van der Waals surface area contributed by atoms with Crippen molar-refractivity contribution >= 4 is 5.78 Å². The molecule has 1 atom stereocenters. The number of allylic oxidation sites excluding steroid dienone is 1. The van der Waals surface area contributed by atoms with Crippen molar-refractivity contribution in [2.24, 2.45) is 0 Å². The monoisotopic (exact) mass is 200 g/mol. The van der Waals surface area contributed by atoms with Gasteiger partial charge in [-0.15, -0.1) is 0 Å². The number of ketones is 1. The molecule has 76 valence electrons. The maximum atomic E-state index is 12.0. The molecule has 3 rings (SSSR count). The molecule has 1 heterocycles. The predicted molar refractivity (Wildman–Crippen MR) is 56.3 cm³/mol. The fourth-order valence-corrected chi connectivity index (χ4v) is 2.46. The van der Waals surface area contributed by atoms with E-state index in [0.29, 0.717) is 6.61 Å². The highest BCUT2D eigenvalue weighted by Gasteiger charge is 2.45. The van der Waals surface area contributed by atoms with Crippen molar-refractivity contribution < 1.29 is 9.53 Å². The summed E-state index contributed by atoms with van der Waals surface area (Å²) in [7, 11) is 0. The summed E-state index contributed by atoms with van der Waals surface area (Å²) in [6.07, 6.45) is 5.28. The molecule has 1 spiro atoms. The quantitative estimate of drug-likeness (QED) is 0.642. The lowest BCUT2D eigenvalue weighted by molar-refractivity contribution is -0.141. The Bertz CT molecular complexity index is 448. The second-order valence-corrected chi connectivity index (χ2v) is 4.08. The van der Waals surface area contributed by atoms with Gasteiger partial charge in [-0.2, -0.15) is 0 Å². The van der Waals surface area contributed by atoms with Crippen LogP contribution in [-0.2, 0) is 21.7 Å². The van der Waals surface area contributed by atoms with Crippen LogP contribution in [0.25, 0.3) is 0 Å². The molecule has 1 aliphatic heterocycles. The van der Waals surface area contributed by atoms with E-state index in [-0.39, 0.29) is 5.78 Å². The van der Waals surface area contributed by atoms with Gasteiger partial charge in [-0.1, -0.05) is 30.3 Å². The molecule has 1 aromatic rings. The maximum Gasteiger partial charge on any atom is 0.191 e. The molecule has 1 unspecified atom stereocenters. The van der Waals surface area contributed by atoms with Crippen LogP contribution < -0.4 is 0 Å². The second kappa shape index (κ2) is 3.04. The first kappa shape index (κ1) is 8.86. The van der Waals surface area contributed by atoms with Crippen LogP contribution in [0.5, 0.6) is 0 Å². The van der Waals surface area contributed by atoms with E-state index in [0.717, 1.165) is 24.0 Å². The molecule has 15 heavy (non-hydrogen) atoms. The number of ether oxygens (including phenoxy) is 1. The molecule has 2 aliphatic rings. The molecule has 0 radical (unpaired) electrons. The van der Waals surface area contributed by atoms with E-state index in [1.165, 1.54) is 0 Å². The van der Waals surface area contributed by atoms with E-state index < -0.39 is 5.60 Å². The van der Waals surface area contributed by atoms with Gasteiger partial charge >= 0.3 is 0 Å². The Labute approximate surface area is 88.6 Å². The number of hydrogen-bond acceptors (Lipinski definition) is 2. The van der Waals surface area contributed by atoms with Gasteiger partial charge in [0.25, 0.3) is 0 Å². The minimum absolute atomic E-state index is 0.0960. The van der Waals surface area contributed by atoms with E-state index in [1.807, 2.05) is 30.3 Å². The SMILES string of the molecule is O=C1C=CCCC12OCc1ccccc12. The van der Waals surface area contributed by atoms with Gasteiger partial charge in [-0.3, -0.25) is 4.79 Å². The first-order valence-corrected chi connectivity index (χ1v) is 5.26. The normalized spacial score (nSPS) is 28.4. The zero-order chi connectivity index (χ0) is 10.3. The van der Waals surface area contributed by atoms with Crippen LogP contribution >= 0.6 is 0 Å². The Balaban J connectivity index is 2.16. The van der Waals surface area contributed by atoms with Gasteiger partial charge in [0.15, 0.2) is 11.4 Å². The Morgan fingerprint density at radius 1 is 1.27 bits per heavy atom. The van der Waals surface area contributed by atoms with Crippen molar-refractivity contribution in [2.45, 2.75) is 25.0 Å². The minimum Gasteiger partial charge on any atom is -0.357 e. The van der Waals surface area contributed by atoms with Crippen LogP contribution in [0.4, 0.5) is 0 Å². The summed E-state index contributed by atoms with van der Waals surface area (Å²) in [5, 5.41) is 0. The number of fused-ring (bicyclic) bond motifs is 2. The molecule has 0 bridgehead atoms. The highest BCUT2D eigenvalue weighted by atomic mass is 16.5. The average molecular weight is 200 g/mol. The number of benzene rings is 1. The minimum atomic E-state index is -0.661. The molecule has 2 nitrogen and oxygen atoms in total. The summed E-state index contributed by atoms with van der Waals surface area (Å²) in [4.78, 5) is 12.0. The third kappa shape index (κ3) is 1.11. The molecule has 0 N–H and O–H groups in total. The van der Waals surface area contributed by atoms with Crippen LogP contribution in [-0.4, -0.2) is 5.78 Å². The fourth-order valence-electron chi connectivity index (χ4n) is 2.46. The molecular formula is C13H12O2. The van der Waals surface area contributed by atoms with E-state index in [9.17, 15) is 4.79 Å². The Morgan fingerprint density at radius 2 is 2.13 bits per heavy atom. The van der Waals surface area contributed by atoms with Crippen molar-refractivity contribution in [1.82, 2.24) is 0 Å². The molecule has 0 aromatic heterocycles. The van der Waals surface area contributed by atoms with Crippen LogP contribution in [0.2, 0.25) is 0 Å². The Kier molecular flexibility index (Phi) is 1.80. The zero-order valence-corrected chi connectivity index (χ0v) is 8.40. The number of rotatable bonds is 0. The van der Waals surface area contributed by atoms with Gasteiger partial charge in [-0.25, -0.2) is 0 Å². The van der Waals surface area contributed by atoms with Gasteiger partial charge in [-0.05, 0) is 30.0 Å². The third-order valence-electron chi connectivity index (χ3n) is 3.26. The lowest BCUT2D eigenvalue weighted by atomic mass is 9.81. The van der Waals surface area contributed by atoms with Crippen molar-refractivity contribution in [2.75, 3.05) is 0 Å². The average Bonchev–Trinajstić information content (AvgIpc) is 2.64. The van der Waals surface area contributed by atoms with Crippen molar-refractivity contribution in [3.8, 4) is 0 Å². The molecule has 0 saturated carbocycles.